The molecule has 0 aliphatic rings. The number of ether oxygens (including phenoxy) is 1. The molecule has 0 saturated heterocycles. The molecule has 4 heteroatoms. The summed E-state index contributed by atoms with van der Waals surface area (Å²) in [4.78, 5) is 11.0. The summed E-state index contributed by atoms with van der Waals surface area (Å²) in [6.45, 7) is 0. The van der Waals surface area contributed by atoms with E-state index < -0.39 is 5.97 Å². The summed E-state index contributed by atoms with van der Waals surface area (Å²) < 4.78 is 18.2. The minimum atomic E-state index is -1.07. The van der Waals surface area contributed by atoms with E-state index in [0.29, 0.717) is 22.4 Å². The zero-order chi connectivity index (χ0) is 14.5. The number of para-hydroxylation sites is 1. The van der Waals surface area contributed by atoms with E-state index in [0.717, 1.165) is 6.08 Å². The Morgan fingerprint density at radius 1 is 1.15 bits per heavy atom. The van der Waals surface area contributed by atoms with Crippen molar-refractivity contribution in [2.75, 3.05) is 7.11 Å². The highest BCUT2D eigenvalue weighted by Gasteiger charge is 2.12. The zero-order valence-corrected chi connectivity index (χ0v) is 10.8. The van der Waals surface area contributed by atoms with E-state index >= 15 is 0 Å². The average molecular weight is 272 g/mol. The summed E-state index contributed by atoms with van der Waals surface area (Å²) in [5.41, 5.74) is 1.72. The standard InChI is InChI=1S/C16H13FO3/c1-20-15-5-3-2-4-13(15)14(10-16(18)19)11-6-8-12(17)9-7-11/h2-10H,1H3,(H,18,19)/b14-10+. The SMILES string of the molecule is COc1ccccc1/C(=C/C(=O)O)c1ccc(F)cc1. The number of halogens is 1. The van der Waals surface area contributed by atoms with Crippen LogP contribution in [0.25, 0.3) is 5.57 Å². The van der Waals surface area contributed by atoms with E-state index in [1.807, 2.05) is 0 Å². The van der Waals surface area contributed by atoms with Crippen LogP contribution in [-0.4, -0.2) is 18.2 Å². The third-order valence-electron chi connectivity index (χ3n) is 2.82. The lowest BCUT2D eigenvalue weighted by atomic mass is 9.96. The number of carboxylic acids is 1. The number of hydrogen-bond donors (Lipinski definition) is 1. The van der Waals surface area contributed by atoms with Crippen LogP contribution in [0.3, 0.4) is 0 Å². The summed E-state index contributed by atoms with van der Waals surface area (Å²) in [6.07, 6.45) is 1.09. The number of methoxy groups -OCH3 is 1. The zero-order valence-electron chi connectivity index (χ0n) is 10.8. The molecule has 3 nitrogen and oxygen atoms in total. The molecule has 0 atom stereocenters. The predicted molar refractivity (Wildman–Crippen MR) is 74.1 cm³/mol. The van der Waals surface area contributed by atoms with Crippen molar-refractivity contribution in [3.63, 3.8) is 0 Å². The topological polar surface area (TPSA) is 46.5 Å². The number of aliphatic carboxylic acids is 1. The smallest absolute Gasteiger partial charge is 0.328 e. The first-order chi connectivity index (χ1) is 9.61. The lowest BCUT2D eigenvalue weighted by Gasteiger charge is -2.12. The van der Waals surface area contributed by atoms with E-state index in [9.17, 15) is 9.18 Å². The van der Waals surface area contributed by atoms with E-state index in [1.165, 1.54) is 31.4 Å². The Kier molecular flexibility index (Phi) is 4.15. The van der Waals surface area contributed by atoms with E-state index in [4.69, 9.17) is 9.84 Å². The molecule has 102 valence electrons. The van der Waals surface area contributed by atoms with Gasteiger partial charge in [0.2, 0.25) is 0 Å². The van der Waals surface area contributed by atoms with Crippen molar-refractivity contribution >= 4 is 11.5 Å². The predicted octanol–water partition coefficient (Wildman–Crippen LogP) is 3.35. The van der Waals surface area contributed by atoms with Crippen molar-refractivity contribution in [2.45, 2.75) is 0 Å². The molecule has 0 aromatic heterocycles. The number of carboxylic acid groups (broad SMARTS) is 1. The van der Waals surface area contributed by atoms with Gasteiger partial charge >= 0.3 is 5.97 Å². The summed E-state index contributed by atoms with van der Waals surface area (Å²) in [5, 5.41) is 9.03. The molecular weight excluding hydrogens is 259 g/mol. The summed E-state index contributed by atoms with van der Waals surface area (Å²) in [5.74, 6) is -0.886. The average Bonchev–Trinajstić information content (AvgIpc) is 2.45. The highest BCUT2D eigenvalue weighted by molar-refractivity contribution is 5.96. The molecule has 0 aliphatic carbocycles. The van der Waals surface area contributed by atoms with Gasteiger partial charge in [-0.3, -0.25) is 0 Å². The van der Waals surface area contributed by atoms with Gasteiger partial charge in [0.25, 0.3) is 0 Å². The highest BCUT2D eigenvalue weighted by atomic mass is 19.1. The summed E-state index contributed by atoms with van der Waals surface area (Å²) >= 11 is 0. The molecule has 0 radical (unpaired) electrons. The van der Waals surface area contributed by atoms with Gasteiger partial charge in [-0.25, -0.2) is 9.18 Å². The Hall–Kier alpha value is -2.62. The molecule has 1 N–H and O–H groups in total. The highest BCUT2D eigenvalue weighted by Crippen LogP contribution is 2.30. The van der Waals surface area contributed by atoms with Crippen molar-refractivity contribution in [3.05, 3.63) is 71.6 Å². The van der Waals surface area contributed by atoms with Gasteiger partial charge in [-0.05, 0) is 29.3 Å². The van der Waals surface area contributed by atoms with Gasteiger partial charge in [0.15, 0.2) is 0 Å². The molecule has 2 rings (SSSR count). The van der Waals surface area contributed by atoms with Gasteiger partial charge in [0, 0.05) is 11.6 Å². The number of hydrogen-bond acceptors (Lipinski definition) is 2. The normalized spacial score (nSPS) is 11.2. The van der Waals surface area contributed by atoms with Crippen molar-refractivity contribution in [1.29, 1.82) is 0 Å². The van der Waals surface area contributed by atoms with Crippen LogP contribution in [-0.2, 0) is 4.79 Å². The number of carbonyl (C=O) groups is 1. The van der Waals surface area contributed by atoms with Crippen LogP contribution in [0, 0.1) is 5.82 Å². The van der Waals surface area contributed by atoms with Crippen LogP contribution in [0.2, 0.25) is 0 Å². The van der Waals surface area contributed by atoms with Crippen LogP contribution in [0.15, 0.2) is 54.6 Å². The van der Waals surface area contributed by atoms with Crippen molar-refractivity contribution in [1.82, 2.24) is 0 Å². The van der Waals surface area contributed by atoms with Crippen LogP contribution in [0.4, 0.5) is 4.39 Å². The molecule has 2 aromatic carbocycles. The molecule has 0 unspecified atom stereocenters. The Balaban J connectivity index is 2.59. The van der Waals surface area contributed by atoms with Crippen LogP contribution < -0.4 is 4.74 Å². The largest absolute Gasteiger partial charge is 0.496 e. The van der Waals surface area contributed by atoms with E-state index in [-0.39, 0.29) is 5.82 Å². The summed E-state index contributed by atoms with van der Waals surface area (Å²) in [6, 6.07) is 12.8. The second-order valence-electron chi connectivity index (χ2n) is 4.10. The number of benzene rings is 2. The quantitative estimate of drug-likeness (QED) is 0.868. The minimum absolute atomic E-state index is 0.372. The molecule has 0 amide bonds. The van der Waals surface area contributed by atoms with Gasteiger partial charge in [0.05, 0.1) is 7.11 Å². The van der Waals surface area contributed by atoms with Gasteiger partial charge in [-0.15, -0.1) is 0 Å². The molecule has 0 fully saturated rings. The van der Waals surface area contributed by atoms with Crippen molar-refractivity contribution in [2.24, 2.45) is 0 Å². The second-order valence-corrected chi connectivity index (χ2v) is 4.10. The maximum absolute atomic E-state index is 13.0. The molecule has 0 spiro atoms. The van der Waals surface area contributed by atoms with Crippen molar-refractivity contribution in [3.8, 4) is 5.75 Å². The third kappa shape index (κ3) is 3.03. The molecule has 20 heavy (non-hydrogen) atoms. The van der Waals surface area contributed by atoms with Crippen LogP contribution >= 0.6 is 0 Å². The van der Waals surface area contributed by atoms with Gasteiger partial charge in [-0.2, -0.15) is 0 Å². The Labute approximate surface area is 115 Å². The first-order valence-corrected chi connectivity index (χ1v) is 5.96. The molecule has 0 bridgehead atoms. The fourth-order valence-electron chi connectivity index (χ4n) is 1.94. The third-order valence-corrected chi connectivity index (χ3v) is 2.82. The van der Waals surface area contributed by atoms with Crippen molar-refractivity contribution < 1.29 is 19.0 Å². The molecule has 0 saturated carbocycles. The molecule has 0 aliphatic heterocycles. The second kappa shape index (κ2) is 6.02. The Morgan fingerprint density at radius 3 is 2.40 bits per heavy atom. The Morgan fingerprint density at radius 2 is 1.80 bits per heavy atom. The molecule has 0 heterocycles. The lowest BCUT2D eigenvalue weighted by Crippen LogP contribution is -1.97. The van der Waals surface area contributed by atoms with E-state index in [2.05, 4.69) is 0 Å². The van der Waals surface area contributed by atoms with Gasteiger partial charge < -0.3 is 9.84 Å². The minimum Gasteiger partial charge on any atom is -0.496 e. The first-order valence-electron chi connectivity index (χ1n) is 5.96. The first kappa shape index (κ1) is 13.8. The number of rotatable bonds is 4. The van der Waals surface area contributed by atoms with E-state index in [1.54, 1.807) is 24.3 Å². The fourth-order valence-corrected chi connectivity index (χ4v) is 1.94. The molecule has 2 aromatic rings. The maximum Gasteiger partial charge on any atom is 0.328 e. The Bertz CT molecular complexity index is 645. The lowest BCUT2D eigenvalue weighted by molar-refractivity contribution is -0.131. The van der Waals surface area contributed by atoms with Crippen LogP contribution in [0.1, 0.15) is 11.1 Å². The maximum atomic E-state index is 13.0. The fraction of sp³-hybridized carbons (Fsp3) is 0.0625. The van der Waals surface area contributed by atoms with Gasteiger partial charge in [0.1, 0.15) is 11.6 Å². The molecular formula is C16H13FO3. The summed E-state index contributed by atoms with van der Waals surface area (Å²) in [7, 11) is 1.52. The van der Waals surface area contributed by atoms with Crippen LogP contribution in [0.5, 0.6) is 5.75 Å². The van der Waals surface area contributed by atoms with Gasteiger partial charge in [-0.1, -0.05) is 30.3 Å². The monoisotopic (exact) mass is 272 g/mol.